The number of hydrogen-bond acceptors (Lipinski definition) is 2. The lowest BCUT2D eigenvalue weighted by Gasteiger charge is -2.38. The van der Waals surface area contributed by atoms with Crippen LogP contribution in [0.2, 0.25) is 10.0 Å². The molecular formula is C19H17Cl2NO. The summed E-state index contributed by atoms with van der Waals surface area (Å²) in [6.07, 6.45) is 5.61. The molecule has 1 N–H and O–H groups in total. The predicted octanol–water partition coefficient (Wildman–Crippen LogP) is 5.83. The van der Waals surface area contributed by atoms with Crippen molar-refractivity contribution in [2.75, 3.05) is 12.4 Å². The second-order valence-corrected chi connectivity index (χ2v) is 6.91. The summed E-state index contributed by atoms with van der Waals surface area (Å²) < 4.78 is 5.55. The minimum absolute atomic E-state index is 0.142. The third-order valence-corrected chi connectivity index (χ3v) is 5.44. The Hall–Kier alpha value is -1.64. The molecule has 0 spiro atoms. The molecule has 0 amide bonds. The van der Waals surface area contributed by atoms with Crippen LogP contribution in [0.15, 0.2) is 48.6 Å². The van der Waals surface area contributed by atoms with Gasteiger partial charge in [0.1, 0.15) is 5.75 Å². The van der Waals surface area contributed by atoms with Gasteiger partial charge in [-0.05, 0) is 41.7 Å². The Kier molecular flexibility index (Phi) is 3.74. The molecule has 0 aromatic heterocycles. The molecule has 4 heteroatoms. The Balaban J connectivity index is 1.83. The molecule has 4 rings (SSSR count). The highest BCUT2D eigenvalue weighted by Gasteiger charge is 2.39. The summed E-state index contributed by atoms with van der Waals surface area (Å²) in [5, 5.41) is 5.04. The topological polar surface area (TPSA) is 21.3 Å². The minimum Gasteiger partial charge on any atom is -0.495 e. The Labute approximate surface area is 146 Å². The molecule has 0 radical (unpaired) electrons. The summed E-state index contributed by atoms with van der Waals surface area (Å²) in [7, 11) is 1.71. The van der Waals surface area contributed by atoms with Crippen LogP contribution in [0.1, 0.15) is 29.5 Å². The fraction of sp³-hybridized carbons (Fsp3) is 0.263. The fourth-order valence-electron chi connectivity index (χ4n) is 3.82. The molecule has 0 saturated heterocycles. The second kappa shape index (κ2) is 5.77. The van der Waals surface area contributed by atoms with E-state index in [1.54, 1.807) is 7.11 Å². The molecule has 0 fully saturated rings. The molecule has 0 unspecified atom stereocenters. The molecule has 1 aliphatic heterocycles. The number of halogens is 2. The summed E-state index contributed by atoms with van der Waals surface area (Å²) in [4.78, 5) is 0. The lowest BCUT2D eigenvalue weighted by Crippen LogP contribution is -2.29. The van der Waals surface area contributed by atoms with E-state index in [1.807, 2.05) is 24.3 Å². The molecule has 2 aromatic carbocycles. The maximum atomic E-state index is 6.48. The summed E-state index contributed by atoms with van der Waals surface area (Å²) in [5.74, 6) is 1.71. The maximum Gasteiger partial charge on any atom is 0.142 e. The average Bonchev–Trinajstić information content (AvgIpc) is 3.04. The van der Waals surface area contributed by atoms with Gasteiger partial charge in [-0.2, -0.15) is 0 Å². The van der Waals surface area contributed by atoms with Gasteiger partial charge in [0.05, 0.1) is 18.8 Å². The standard InChI is InChI=1S/C19H17Cl2NO/c1-23-17-7-3-6-14-12-4-2-5-13(12)18(22-19(14)17)15-9-8-11(20)10-16(15)21/h2-4,6-10,12-13,18,22H,5H2,1H3/t12-,13+,18-/m0/s1. The Morgan fingerprint density at radius 1 is 1.13 bits per heavy atom. The summed E-state index contributed by atoms with van der Waals surface area (Å²) in [6, 6.07) is 12.1. The molecule has 118 valence electrons. The van der Waals surface area contributed by atoms with Gasteiger partial charge in [0, 0.05) is 16.0 Å². The van der Waals surface area contributed by atoms with Crippen LogP contribution >= 0.6 is 23.2 Å². The van der Waals surface area contributed by atoms with Crippen LogP contribution < -0.4 is 10.1 Å². The normalized spacial score (nSPS) is 24.7. The number of anilines is 1. The third kappa shape index (κ3) is 2.41. The van der Waals surface area contributed by atoms with Crippen molar-refractivity contribution in [3.05, 3.63) is 69.7 Å². The highest BCUT2D eigenvalue weighted by Crippen LogP contribution is 2.52. The summed E-state index contributed by atoms with van der Waals surface area (Å²) in [5.41, 5.74) is 3.45. The van der Waals surface area contributed by atoms with Crippen LogP contribution in [-0.2, 0) is 0 Å². The average molecular weight is 346 g/mol. The lowest BCUT2D eigenvalue weighted by molar-refractivity contribution is 0.397. The molecule has 23 heavy (non-hydrogen) atoms. The van der Waals surface area contributed by atoms with Gasteiger partial charge in [0.15, 0.2) is 0 Å². The van der Waals surface area contributed by atoms with E-state index in [9.17, 15) is 0 Å². The van der Waals surface area contributed by atoms with Crippen LogP contribution in [0, 0.1) is 5.92 Å². The number of nitrogens with one attached hydrogen (secondary N) is 1. The number of methoxy groups -OCH3 is 1. The Morgan fingerprint density at radius 2 is 2.00 bits per heavy atom. The van der Waals surface area contributed by atoms with Gasteiger partial charge in [-0.25, -0.2) is 0 Å². The van der Waals surface area contributed by atoms with Crippen LogP contribution in [0.3, 0.4) is 0 Å². The van der Waals surface area contributed by atoms with E-state index in [0.29, 0.717) is 21.9 Å². The largest absolute Gasteiger partial charge is 0.495 e. The van der Waals surface area contributed by atoms with Crippen molar-refractivity contribution in [2.24, 2.45) is 5.92 Å². The first-order chi connectivity index (χ1) is 11.2. The van der Waals surface area contributed by atoms with Crippen molar-refractivity contribution >= 4 is 28.9 Å². The first-order valence-corrected chi connectivity index (χ1v) is 8.49. The van der Waals surface area contributed by atoms with E-state index >= 15 is 0 Å². The summed E-state index contributed by atoms with van der Waals surface area (Å²) >= 11 is 12.5. The number of ether oxygens (including phenoxy) is 1. The molecule has 0 saturated carbocycles. The van der Waals surface area contributed by atoms with Crippen molar-refractivity contribution < 1.29 is 4.74 Å². The van der Waals surface area contributed by atoms with Gasteiger partial charge in [-0.15, -0.1) is 0 Å². The predicted molar refractivity (Wildman–Crippen MR) is 95.8 cm³/mol. The monoisotopic (exact) mass is 345 g/mol. The number of allylic oxidation sites excluding steroid dienone is 2. The molecule has 1 aliphatic carbocycles. The molecule has 2 aliphatic rings. The molecule has 1 heterocycles. The quantitative estimate of drug-likeness (QED) is 0.691. The highest BCUT2D eigenvalue weighted by molar-refractivity contribution is 6.35. The fourth-order valence-corrected chi connectivity index (χ4v) is 4.35. The van der Waals surface area contributed by atoms with Crippen LogP contribution in [0.25, 0.3) is 0 Å². The van der Waals surface area contributed by atoms with Gasteiger partial charge in [-0.1, -0.05) is 53.6 Å². The highest BCUT2D eigenvalue weighted by atomic mass is 35.5. The Morgan fingerprint density at radius 3 is 2.78 bits per heavy atom. The number of para-hydroxylation sites is 1. The van der Waals surface area contributed by atoms with E-state index < -0.39 is 0 Å². The molecule has 2 nitrogen and oxygen atoms in total. The third-order valence-electron chi connectivity index (χ3n) is 4.88. The Bertz CT molecular complexity index is 787. The minimum atomic E-state index is 0.142. The van der Waals surface area contributed by atoms with Gasteiger partial charge >= 0.3 is 0 Å². The SMILES string of the molecule is COc1cccc2c1N[C@H](c1ccc(Cl)cc1Cl)[C@@H]1CC=C[C@H]21. The maximum absolute atomic E-state index is 6.48. The number of hydrogen-bond donors (Lipinski definition) is 1. The summed E-state index contributed by atoms with van der Waals surface area (Å²) in [6.45, 7) is 0. The van der Waals surface area contributed by atoms with Gasteiger partial charge < -0.3 is 10.1 Å². The van der Waals surface area contributed by atoms with Crippen LogP contribution in [0.5, 0.6) is 5.75 Å². The van der Waals surface area contributed by atoms with Crippen molar-refractivity contribution in [1.82, 2.24) is 0 Å². The van der Waals surface area contributed by atoms with E-state index in [0.717, 1.165) is 23.4 Å². The molecule has 3 atom stereocenters. The van der Waals surface area contributed by atoms with E-state index in [4.69, 9.17) is 27.9 Å². The zero-order chi connectivity index (χ0) is 16.0. The number of fused-ring (bicyclic) bond motifs is 3. The first kappa shape index (κ1) is 14.9. The van der Waals surface area contributed by atoms with E-state index in [1.165, 1.54) is 5.56 Å². The van der Waals surface area contributed by atoms with E-state index in [2.05, 4.69) is 29.6 Å². The van der Waals surface area contributed by atoms with Gasteiger partial charge in [-0.3, -0.25) is 0 Å². The number of benzene rings is 2. The number of rotatable bonds is 2. The lowest BCUT2D eigenvalue weighted by atomic mass is 9.77. The zero-order valence-electron chi connectivity index (χ0n) is 12.7. The second-order valence-electron chi connectivity index (χ2n) is 6.07. The van der Waals surface area contributed by atoms with Crippen LogP contribution in [-0.4, -0.2) is 7.11 Å². The van der Waals surface area contributed by atoms with Crippen molar-refractivity contribution in [2.45, 2.75) is 18.4 Å². The van der Waals surface area contributed by atoms with Crippen molar-refractivity contribution in [3.63, 3.8) is 0 Å². The van der Waals surface area contributed by atoms with E-state index in [-0.39, 0.29) is 6.04 Å². The van der Waals surface area contributed by atoms with Crippen molar-refractivity contribution in [1.29, 1.82) is 0 Å². The molecular weight excluding hydrogens is 329 g/mol. The smallest absolute Gasteiger partial charge is 0.142 e. The van der Waals surface area contributed by atoms with Gasteiger partial charge in [0.25, 0.3) is 0 Å². The van der Waals surface area contributed by atoms with Gasteiger partial charge in [0.2, 0.25) is 0 Å². The van der Waals surface area contributed by atoms with Crippen molar-refractivity contribution in [3.8, 4) is 5.75 Å². The zero-order valence-corrected chi connectivity index (χ0v) is 14.2. The molecule has 2 aromatic rings. The first-order valence-electron chi connectivity index (χ1n) is 7.74. The molecule has 0 bridgehead atoms. The van der Waals surface area contributed by atoms with Crippen LogP contribution in [0.4, 0.5) is 5.69 Å².